The van der Waals surface area contributed by atoms with Crippen LogP contribution in [-0.2, 0) is 4.74 Å². The first-order valence-corrected chi connectivity index (χ1v) is 10.4. The number of ether oxygens (including phenoxy) is 1. The summed E-state index contributed by atoms with van der Waals surface area (Å²) in [4.78, 5) is 7.27. The van der Waals surface area contributed by atoms with Gasteiger partial charge in [-0.2, -0.15) is 0 Å². The lowest BCUT2D eigenvalue weighted by Crippen LogP contribution is -2.69. The van der Waals surface area contributed by atoms with Crippen LogP contribution in [0.3, 0.4) is 0 Å². The molecule has 0 aromatic rings. The van der Waals surface area contributed by atoms with Gasteiger partial charge in [-0.05, 0) is 43.9 Å². The molecule has 2 saturated heterocycles. The highest BCUT2D eigenvalue weighted by Gasteiger charge is 2.65. The molecule has 2 spiro atoms. The predicted molar refractivity (Wildman–Crippen MR) is 96.1 cm³/mol. The Kier molecular flexibility index (Phi) is 3.62. The number of nitrogens with one attached hydrogen (secondary N) is 1. The summed E-state index contributed by atoms with van der Waals surface area (Å²) in [5.41, 5.74) is 1.03. The van der Waals surface area contributed by atoms with Crippen molar-refractivity contribution in [2.24, 2.45) is 21.7 Å². The van der Waals surface area contributed by atoms with Gasteiger partial charge in [-0.15, -0.1) is 0 Å². The van der Waals surface area contributed by atoms with Crippen LogP contribution in [0.1, 0.15) is 64.2 Å². The van der Waals surface area contributed by atoms with Crippen LogP contribution < -0.4 is 5.32 Å². The number of fused-ring (bicyclic) bond motifs is 2. The van der Waals surface area contributed by atoms with Crippen molar-refractivity contribution in [3.8, 4) is 0 Å². The molecule has 0 bridgehead atoms. The molecule has 0 radical (unpaired) electrons. The Balaban J connectivity index is 1.31. The summed E-state index contributed by atoms with van der Waals surface area (Å²) in [7, 11) is 1.98. The lowest BCUT2D eigenvalue weighted by atomic mass is 9.54. The molecule has 4 heteroatoms. The standard InChI is InChI=1S/C20H33N3O/c1-21-18(23-12-11-19(14-23)7-2-3-8-19)22-16-15-6-13-24-17(15)20(16)9-4-5-10-20/h15-17H,2-14H2,1H3,(H,21,22). The molecule has 24 heavy (non-hydrogen) atoms. The highest BCUT2D eigenvalue weighted by molar-refractivity contribution is 5.81. The van der Waals surface area contributed by atoms with Gasteiger partial charge in [0.1, 0.15) is 0 Å². The Hall–Kier alpha value is -0.770. The summed E-state index contributed by atoms with van der Waals surface area (Å²) in [6.45, 7) is 3.40. The SMILES string of the molecule is CN=C(NC1C2CCOC2C12CCCC2)N1CCC2(CCCC2)C1. The highest BCUT2D eigenvalue weighted by Crippen LogP contribution is 2.60. The molecule has 1 N–H and O–H groups in total. The van der Waals surface area contributed by atoms with Crippen LogP contribution in [0, 0.1) is 16.7 Å². The van der Waals surface area contributed by atoms with Crippen LogP contribution in [0.4, 0.5) is 0 Å². The van der Waals surface area contributed by atoms with E-state index < -0.39 is 0 Å². The van der Waals surface area contributed by atoms with E-state index in [1.165, 1.54) is 83.3 Å². The topological polar surface area (TPSA) is 36.9 Å². The molecule has 0 aromatic heterocycles. The quantitative estimate of drug-likeness (QED) is 0.592. The van der Waals surface area contributed by atoms with Crippen molar-refractivity contribution in [1.29, 1.82) is 0 Å². The summed E-state index contributed by atoms with van der Waals surface area (Å²) in [6.07, 6.45) is 14.4. The average molecular weight is 332 g/mol. The second kappa shape index (κ2) is 5.62. The largest absolute Gasteiger partial charge is 0.377 e. The normalized spacial score (nSPS) is 39.6. The maximum Gasteiger partial charge on any atom is 0.193 e. The number of rotatable bonds is 1. The van der Waals surface area contributed by atoms with E-state index >= 15 is 0 Å². The maximum absolute atomic E-state index is 6.14. The Labute approximate surface area is 146 Å². The van der Waals surface area contributed by atoms with Gasteiger partial charge in [-0.3, -0.25) is 4.99 Å². The zero-order valence-electron chi connectivity index (χ0n) is 15.2. The molecule has 0 amide bonds. The van der Waals surface area contributed by atoms with Gasteiger partial charge in [0.2, 0.25) is 0 Å². The monoisotopic (exact) mass is 331 g/mol. The van der Waals surface area contributed by atoms with Crippen LogP contribution in [0.2, 0.25) is 0 Å². The fourth-order valence-electron chi connectivity index (χ4n) is 6.99. The van der Waals surface area contributed by atoms with Gasteiger partial charge in [0, 0.05) is 44.1 Å². The summed E-state index contributed by atoms with van der Waals surface area (Å²) >= 11 is 0. The predicted octanol–water partition coefficient (Wildman–Crippen LogP) is 3.18. The summed E-state index contributed by atoms with van der Waals surface area (Å²) in [5.74, 6) is 1.91. The second-order valence-corrected chi connectivity index (χ2v) is 9.23. The van der Waals surface area contributed by atoms with Crippen LogP contribution in [0.5, 0.6) is 0 Å². The number of likely N-dealkylation sites (tertiary alicyclic amines) is 1. The Bertz CT molecular complexity index is 519. The summed E-state index contributed by atoms with van der Waals surface area (Å²) in [6, 6.07) is 0.603. The molecule has 3 atom stereocenters. The third-order valence-corrected chi connectivity index (χ3v) is 8.18. The molecule has 5 aliphatic rings. The van der Waals surface area contributed by atoms with E-state index in [1.54, 1.807) is 0 Å². The van der Waals surface area contributed by atoms with Gasteiger partial charge in [0.05, 0.1) is 6.10 Å². The number of hydrogen-bond donors (Lipinski definition) is 1. The molecule has 5 rings (SSSR count). The van der Waals surface area contributed by atoms with Gasteiger partial charge in [-0.1, -0.05) is 25.7 Å². The van der Waals surface area contributed by atoms with E-state index in [1.807, 2.05) is 7.05 Å². The van der Waals surface area contributed by atoms with E-state index in [9.17, 15) is 0 Å². The Morgan fingerprint density at radius 3 is 2.58 bits per heavy atom. The second-order valence-electron chi connectivity index (χ2n) is 9.23. The number of guanidine groups is 1. The lowest BCUT2D eigenvalue weighted by Gasteiger charge is -2.57. The molecule has 2 aliphatic heterocycles. The number of hydrogen-bond acceptors (Lipinski definition) is 2. The molecule has 4 nitrogen and oxygen atoms in total. The fourth-order valence-corrected chi connectivity index (χ4v) is 6.99. The fraction of sp³-hybridized carbons (Fsp3) is 0.950. The number of nitrogens with zero attached hydrogens (tertiary/aromatic N) is 2. The third-order valence-electron chi connectivity index (χ3n) is 8.18. The van der Waals surface area contributed by atoms with Crippen molar-refractivity contribution in [2.45, 2.75) is 76.4 Å². The van der Waals surface area contributed by atoms with Gasteiger partial charge in [0.15, 0.2) is 5.96 Å². The minimum absolute atomic E-state index is 0.419. The van der Waals surface area contributed by atoms with Crippen LogP contribution in [0.15, 0.2) is 4.99 Å². The number of aliphatic imine (C=N–C) groups is 1. The molecule has 3 aliphatic carbocycles. The van der Waals surface area contributed by atoms with Crippen molar-refractivity contribution >= 4 is 5.96 Å². The van der Waals surface area contributed by atoms with Crippen molar-refractivity contribution in [2.75, 3.05) is 26.7 Å². The van der Waals surface area contributed by atoms with Crippen LogP contribution >= 0.6 is 0 Å². The first kappa shape index (κ1) is 15.5. The van der Waals surface area contributed by atoms with Gasteiger partial charge >= 0.3 is 0 Å². The summed E-state index contributed by atoms with van der Waals surface area (Å²) < 4.78 is 6.14. The molecule has 2 heterocycles. The van der Waals surface area contributed by atoms with E-state index in [0.717, 1.165) is 12.5 Å². The maximum atomic E-state index is 6.14. The van der Waals surface area contributed by atoms with E-state index in [0.29, 0.717) is 23.0 Å². The highest BCUT2D eigenvalue weighted by atomic mass is 16.5. The smallest absolute Gasteiger partial charge is 0.193 e. The van der Waals surface area contributed by atoms with E-state index in [-0.39, 0.29) is 0 Å². The average Bonchev–Trinajstić information content (AvgIpc) is 3.35. The molecular formula is C20H33N3O. The molecule has 134 valence electrons. The zero-order valence-corrected chi connectivity index (χ0v) is 15.2. The third kappa shape index (κ3) is 2.11. The Morgan fingerprint density at radius 1 is 1.08 bits per heavy atom. The summed E-state index contributed by atoms with van der Waals surface area (Å²) in [5, 5.41) is 3.95. The molecular weight excluding hydrogens is 298 g/mol. The van der Waals surface area contributed by atoms with Crippen molar-refractivity contribution in [3.63, 3.8) is 0 Å². The van der Waals surface area contributed by atoms with Crippen LogP contribution in [-0.4, -0.2) is 49.7 Å². The van der Waals surface area contributed by atoms with Crippen molar-refractivity contribution in [3.05, 3.63) is 0 Å². The van der Waals surface area contributed by atoms with Gasteiger partial charge in [-0.25, -0.2) is 0 Å². The van der Waals surface area contributed by atoms with Gasteiger partial charge in [0.25, 0.3) is 0 Å². The lowest BCUT2D eigenvalue weighted by molar-refractivity contribution is -0.125. The first-order valence-electron chi connectivity index (χ1n) is 10.4. The minimum Gasteiger partial charge on any atom is -0.377 e. The van der Waals surface area contributed by atoms with Crippen molar-refractivity contribution in [1.82, 2.24) is 10.2 Å². The molecule has 5 fully saturated rings. The first-order chi connectivity index (χ1) is 11.8. The van der Waals surface area contributed by atoms with Gasteiger partial charge < -0.3 is 15.0 Å². The molecule has 3 unspecified atom stereocenters. The van der Waals surface area contributed by atoms with E-state index in [2.05, 4.69) is 10.2 Å². The Morgan fingerprint density at radius 2 is 1.83 bits per heavy atom. The molecule has 3 saturated carbocycles. The zero-order chi connectivity index (χ0) is 16.2. The molecule has 0 aromatic carbocycles. The van der Waals surface area contributed by atoms with Crippen LogP contribution in [0.25, 0.3) is 0 Å². The van der Waals surface area contributed by atoms with E-state index in [4.69, 9.17) is 9.73 Å². The van der Waals surface area contributed by atoms with Crippen molar-refractivity contribution < 1.29 is 4.74 Å². The minimum atomic E-state index is 0.419.